The van der Waals surface area contributed by atoms with Gasteiger partial charge in [-0.05, 0) is 12.8 Å². The largest absolute Gasteiger partial charge is 0.480 e. The van der Waals surface area contributed by atoms with Gasteiger partial charge in [0.1, 0.15) is 6.04 Å². The lowest BCUT2D eigenvalue weighted by atomic mass is 9.99. The Balaban J connectivity index is 2.78. The third kappa shape index (κ3) is 3.05. The smallest absolute Gasteiger partial charge is 0.326 e. The van der Waals surface area contributed by atoms with Gasteiger partial charge in [-0.1, -0.05) is 20.3 Å². The lowest BCUT2D eigenvalue weighted by molar-refractivity contribution is -0.140. The lowest BCUT2D eigenvalue weighted by Gasteiger charge is -2.19. The molecular weight excluding hydrogens is 222 g/mol. The summed E-state index contributed by atoms with van der Waals surface area (Å²) in [5.41, 5.74) is 0.996. The quantitative estimate of drug-likeness (QED) is 0.712. The SMILES string of the molecule is CCC(C)[C@H](NC(=O)c1cn[nH]c1C)C(=O)O. The van der Waals surface area contributed by atoms with Crippen LogP contribution in [-0.4, -0.2) is 33.2 Å². The first-order valence-corrected chi connectivity index (χ1v) is 5.51. The van der Waals surface area contributed by atoms with Gasteiger partial charge in [0.15, 0.2) is 0 Å². The summed E-state index contributed by atoms with van der Waals surface area (Å²) in [6.07, 6.45) is 2.07. The highest BCUT2D eigenvalue weighted by atomic mass is 16.4. The van der Waals surface area contributed by atoms with E-state index in [1.165, 1.54) is 6.20 Å². The van der Waals surface area contributed by atoms with Gasteiger partial charge in [-0.25, -0.2) is 4.79 Å². The van der Waals surface area contributed by atoms with Crippen molar-refractivity contribution in [3.63, 3.8) is 0 Å². The highest BCUT2D eigenvalue weighted by molar-refractivity contribution is 5.97. The van der Waals surface area contributed by atoms with Crippen molar-refractivity contribution >= 4 is 11.9 Å². The van der Waals surface area contributed by atoms with E-state index >= 15 is 0 Å². The Bertz CT molecular complexity index is 414. The zero-order valence-corrected chi connectivity index (χ0v) is 10.2. The molecule has 1 unspecified atom stereocenters. The molecule has 6 nitrogen and oxygen atoms in total. The Hall–Kier alpha value is -1.85. The molecule has 2 atom stereocenters. The molecule has 0 aliphatic carbocycles. The zero-order chi connectivity index (χ0) is 13.0. The Labute approximate surface area is 99.4 Å². The summed E-state index contributed by atoms with van der Waals surface area (Å²) in [7, 11) is 0. The van der Waals surface area contributed by atoms with Crippen LogP contribution >= 0.6 is 0 Å². The molecule has 0 saturated heterocycles. The number of hydrogen-bond donors (Lipinski definition) is 3. The fraction of sp³-hybridized carbons (Fsp3) is 0.545. The van der Waals surface area contributed by atoms with E-state index in [9.17, 15) is 9.59 Å². The van der Waals surface area contributed by atoms with Crippen molar-refractivity contribution in [3.8, 4) is 0 Å². The zero-order valence-electron chi connectivity index (χ0n) is 10.2. The van der Waals surface area contributed by atoms with Crippen LogP contribution in [0.3, 0.4) is 0 Å². The first-order chi connectivity index (χ1) is 7.97. The fourth-order valence-corrected chi connectivity index (χ4v) is 1.48. The van der Waals surface area contributed by atoms with E-state index in [2.05, 4.69) is 15.5 Å². The summed E-state index contributed by atoms with van der Waals surface area (Å²) in [5, 5.41) is 17.9. The monoisotopic (exact) mass is 239 g/mol. The number of rotatable bonds is 5. The number of aliphatic carboxylic acids is 1. The van der Waals surface area contributed by atoms with Gasteiger partial charge in [0, 0.05) is 5.69 Å². The first kappa shape index (κ1) is 13.2. The van der Waals surface area contributed by atoms with Crippen LogP contribution in [0.15, 0.2) is 6.20 Å². The van der Waals surface area contributed by atoms with Gasteiger partial charge in [-0.15, -0.1) is 0 Å². The minimum Gasteiger partial charge on any atom is -0.480 e. The van der Waals surface area contributed by atoms with Crippen LogP contribution in [0.25, 0.3) is 0 Å². The first-order valence-electron chi connectivity index (χ1n) is 5.51. The van der Waals surface area contributed by atoms with Gasteiger partial charge in [-0.3, -0.25) is 9.89 Å². The van der Waals surface area contributed by atoms with E-state index in [0.29, 0.717) is 17.7 Å². The topological polar surface area (TPSA) is 95.1 Å². The summed E-state index contributed by atoms with van der Waals surface area (Å²) < 4.78 is 0. The number of aromatic nitrogens is 2. The fourth-order valence-electron chi connectivity index (χ4n) is 1.48. The minimum atomic E-state index is -1.02. The number of hydrogen-bond acceptors (Lipinski definition) is 3. The highest BCUT2D eigenvalue weighted by Gasteiger charge is 2.26. The molecule has 6 heteroatoms. The molecule has 1 rings (SSSR count). The molecule has 0 radical (unpaired) electrons. The van der Waals surface area contributed by atoms with Crippen LogP contribution < -0.4 is 5.32 Å². The third-order valence-electron chi connectivity index (χ3n) is 2.84. The molecule has 0 aliphatic heterocycles. The summed E-state index contributed by atoms with van der Waals surface area (Å²) >= 11 is 0. The number of nitrogens with zero attached hydrogens (tertiary/aromatic N) is 1. The molecule has 0 fully saturated rings. The van der Waals surface area contributed by atoms with E-state index in [1.807, 2.05) is 6.92 Å². The molecule has 17 heavy (non-hydrogen) atoms. The number of H-pyrrole nitrogens is 1. The van der Waals surface area contributed by atoms with Crippen LogP contribution in [0.4, 0.5) is 0 Å². The molecule has 0 bridgehead atoms. The molecule has 1 heterocycles. The highest BCUT2D eigenvalue weighted by Crippen LogP contribution is 2.10. The minimum absolute atomic E-state index is 0.122. The molecule has 3 N–H and O–H groups in total. The number of aromatic amines is 1. The Kier molecular flexibility index (Phi) is 4.25. The maximum atomic E-state index is 11.8. The number of carboxylic acids is 1. The van der Waals surface area contributed by atoms with Gasteiger partial charge in [-0.2, -0.15) is 5.10 Å². The molecule has 0 saturated carbocycles. The van der Waals surface area contributed by atoms with E-state index in [0.717, 1.165) is 0 Å². The number of carbonyl (C=O) groups excluding carboxylic acids is 1. The van der Waals surface area contributed by atoms with Crippen LogP contribution in [0.1, 0.15) is 36.3 Å². The second kappa shape index (κ2) is 5.47. The lowest BCUT2D eigenvalue weighted by Crippen LogP contribution is -2.45. The number of aryl methyl sites for hydroxylation is 1. The molecule has 1 amide bonds. The summed E-state index contributed by atoms with van der Waals surface area (Å²) in [6.45, 7) is 5.39. The van der Waals surface area contributed by atoms with E-state index in [1.54, 1.807) is 13.8 Å². The van der Waals surface area contributed by atoms with Crippen molar-refractivity contribution in [1.82, 2.24) is 15.5 Å². The van der Waals surface area contributed by atoms with Crippen molar-refractivity contribution in [2.75, 3.05) is 0 Å². The van der Waals surface area contributed by atoms with E-state index < -0.39 is 17.9 Å². The second-order valence-electron chi connectivity index (χ2n) is 4.08. The number of nitrogens with one attached hydrogen (secondary N) is 2. The van der Waals surface area contributed by atoms with Crippen molar-refractivity contribution in [3.05, 3.63) is 17.5 Å². The average molecular weight is 239 g/mol. The van der Waals surface area contributed by atoms with Crippen LogP contribution in [-0.2, 0) is 4.79 Å². The third-order valence-corrected chi connectivity index (χ3v) is 2.84. The van der Waals surface area contributed by atoms with Crippen LogP contribution in [0, 0.1) is 12.8 Å². The number of amides is 1. The van der Waals surface area contributed by atoms with Crippen LogP contribution in [0.5, 0.6) is 0 Å². The Morgan fingerprint density at radius 2 is 2.24 bits per heavy atom. The van der Waals surface area contributed by atoms with Crippen molar-refractivity contribution in [2.24, 2.45) is 5.92 Å². The van der Waals surface area contributed by atoms with E-state index in [4.69, 9.17) is 5.11 Å². The van der Waals surface area contributed by atoms with Crippen molar-refractivity contribution in [1.29, 1.82) is 0 Å². The number of carboxylic acid groups (broad SMARTS) is 1. The van der Waals surface area contributed by atoms with Gasteiger partial charge < -0.3 is 10.4 Å². The van der Waals surface area contributed by atoms with Gasteiger partial charge in [0.2, 0.25) is 0 Å². The predicted molar refractivity (Wildman–Crippen MR) is 61.7 cm³/mol. The normalized spacial score (nSPS) is 14.1. The van der Waals surface area contributed by atoms with E-state index in [-0.39, 0.29) is 5.92 Å². The molecule has 0 aliphatic rings. The van der Waals surface area contributed by atoms with Gasteiger partial charge >= 0.3 is 5.97 Å². The predicted octanol–water partition coefficient (Wildman–Crippen LogP) is 0.947. The Morgan fingerprint density at radius 3 is 2.65 bits per heavy atom. The van der Waals surface area contributed by atoms with Gasteiger partial charge in [0.05, 0.1) is 11.8 Å². The molecule has 1 aromatic rings. The van der Waals surface area contributed by atoms with Crippen molar-refractivity contribution < 1.29 is 14.7 Å². The molecule has 94 valence electrons. The second-order valence-corrected chi connectivity index (χ2v) is 4.08. The Morgan fingerprint density at radius 1 is 1.59 bits per heavy atom. The molecule has 0 spiro atoms. The summed E-state index contributed by atoms with van der Waals surface area (Å²) in [5.74, 6) is -1.55. The molecule has 0 aromatic carbocycles. The molecule has 1 aromatic heterocycles. The summed E-state index contributed by atoms with van der Waals surface area (Å²) in [4.78, 5) is 22.9. The average Bonchev–Trinajstić information content (AvgIpc) is 2.70. The van der Waals surface area contributed by atoms with Crippen LogP contribution in [0.2, 0.25) is 0 Å². The summed E-state index contributed by atoms with van der Waals surface area (Å²) in [6, 6.07) is -0.873. The molecular formula is C11H17N3O3. The standard InChI is InChI=1S/C11H17N3O3/c1-4-6(2)9(11(16)17)13-10(15)8-5-12-14-7(8)3/h5-6,9H,4H2,1-3H3,(H,12,14)(H,13,15)(H,16,17)/t6?,9-/m0/s1. The maximum absolute atomic E-state index is 11.8. The van der Waals surface area contributed by atoms with Crippen molar-refractivity contribution in [2.45, 2.75) is 33.2 Å². The maximum Gasteiger partial charge on any atom is 0.326 e. The number of carbonyl (C=O) groups is 2. The van der Waals surface area contributed by atoms with Gasteiger partial charge in [0.25, 0.3) is 5.91 Å².